The molecule has 0 N–H and O–H groups in total. The number of hydrogen-bond acceptors (Lipinski definition) is 2. The molecule has 0 radical (unpaired) electrons. The molecule has 2 nitrogen and oxygen atoms in total. The van der Waals surface area contributed by atoms with E-state index in [0.29, 0.717) is 6.61 Å². The van der Waals surface area contributed by atoms with Crippen molar-refractivity contribution in [1.82, 2.24) is 0 Å². The average Bonchev–Trinajstić information content (AvgIpc) is 2.33. The third-order valence-electron chi connectivity index (χ3n) is 4.53. The van der Waals surface area contributed by atoms with Crippen LogP contribution in [0.1, 0.15) is 52.4 Å². The second kappa shape index (κ2) is 4.47. The molecule has 0 aromatic heterocycles. The van der Waals surface area contributed by atoms with Gasteiger partial charge in [-0.05, 0) is 24.7 Å². The predicted octanol–water partition coefficient (Wildman–Crippen LogP) is 3.71. The summed E-state index contributed by atoms with van der Waals surface area (Å²) >= 11 is 0. The van der Waals surface area contributed by atoms with Crippen LogP contribution in [0.15, 0.2) is 12.7 Å². The highest BCUT2D eigenvalue weighted by atomic mass is 16.5. The highest BCUT2D eigenvalue weighted by Gasteiger charge is 2.47. The minimum atomic E-state index is 0.00567. The van der Waals surface area contributed by atoms with Crippen molar-refractivity contribution in [2.24, 2.45) is 16.7 Å². The van der Waals surface area contributed by atoms with E-state index in [1.165, 1.54) is 19.3 Å². The summed E-state index contributed by atoms with van der Waals surface area (Å²) in [6.45, 7) is 8.94. The van der Waals surface area contributed by atoms with Gasteiger partial charge in [-0.1, -0.05) is 39.2 Å². The lowest BCUT2D eigenvalue weighted by Crippen LogP contribution is -2.45. The summed E-state index contributed by atoms with van der Waals surface area (Å²) in [6.07, 6.45) is 8.92. The number of allylic oxidation sites excluding steroid dienone is 1. The Morgan fingerprint density at radius 2 is 1.94 bits per heavy atom. The van der Waals surface area contributed by atoms with Crippen molar-refractivity contribution in [2.75, 3.05) is 6.61 Å². The number of carbonyl (C=O) groups excluding carboxylic acids is 1. The Morgan fingerprint density at radius 3 is 2.53 bits per heavy atom. The third-order valence-corrected chi connectivity index (χ3v) is 4.53. The Hall–Kier alpha value is -0.790. The summed E-state index contributed by atoms with van der Waals surface area (Å²) in [5.41, 5.74) is 0.124. The molecular formula is C15H24O2. The van der Waals surface area contributed by atoms with Gasteiger partial charge in [-0.3, -0.25) is 4.79 Å². The molecule has 2 aliphatic rings. The molecular weight excluding hydrogens is 212 g/mol. The number of carbonyl (C=O) groups is 1. The molecule has 2 fully saturated rings. The van der Waals surface area contributed by atoms with Crippen molar-refractivity contribution in [3.05, 3.63) is 12.7 Å². The fourth-order valence-electron chi connectivity index (χ4n) is 3.40. The minimum Gasteiger partial charge on any atom is -0.465 e. The molecule has 1 unspecified atom stereocenters. The van der Waals surface area contributed by atoms with Crippen LogP contribution in [0, 0.1) is 16.7 Å². The third kappa shape index (κ3) is 2.41. The molecule has 2 heteroatoms. The van der Waals surface area contributed by atoms with E-state index in [9.17, 15) is 4.79 Å². The molecule has 0 spiro atoms. The summed E-state index contributed by atoms with van der Waals surface area (Å²) in [5.74, 6) is 0.0372. The lowest BCUT2D eigenvalue weighted by molar-refractivity contribution is -0.167. The topological polar surface area (TPSA) is 26.3 Å². The van der Waals surface area contributed by atoms with E-state index in [0.717, 1.165) is 19.3 Å². The van der Waals surface area contributed by atoms with E-state index in [1.54, 1.807) is 0 Å². The van der Waals surface area contributed by atoms with Gasteiger partial charge in [0, 0.05) is 5.41 Å². The molecule has 1 saturated carbocycles. The predicted molar refractivity (Wildman–Crippen MR) is 68.6 cm³/mol. The van der Waals surface area contributed by atoms with Crippen LogP contribution in [-0.4, -0.2) is 12.6 Å². The van der Waals surface area contributed by atoms with Gasteiger partial charge >= 0.3 is 5.97 Å². The lowest BCUT2D eigenvalue weighted by Gasteiger charge is -2.45. The normalized spacial score (nSPS) is 31.6. The van der Waals surface area contributed by atoms with E-state index < -0.39 is 0 Å². The fraction of sp³-hybridized carbons (Fsp3) is 0.800. The van der Waals surface area contributed by atoms with Gasteiger partial charge < -0.3 is 4.74 Å². The van der Waals surface area contributed by atoms with Gasteiger partial charge in [-0.25, -0.2) is 0 Å². The van der Waals surface area contributed by atoms with Crippen molar-refractivity contribution in [1.29, 1.82) is 0 Å². The van der Waals surface area contributed by atoms with E-state index in [4.69, 9.17) is 4.74 Å². The Bertz CT molecular complexity index is 311. The van der Waals surface area contributed by atoms with Crippen LogP contribution in [0.3, 0.4) is 0 Å². The maximum absolute atomic E-state index is 12.1. The Kier molecular flexibility index (Phi) is 3.33. The molecule has 1 aliphatic carbocycles. The van der Waals surface area contributed by atoms with E-state index in [1.807, 2.05) is 6.08 Å². The smallest absolute Gasteiger partial charge is 0.309 e. The van der Waals surface area contributed by atoms with Crippen LogP contribution in [0.25, 0.3) is 0 Å². The summed E-state index contributed by atoms with van der Waals surface area (Å²) in [7, 11) is 0. The zero-order valence-electron chi connectivity index (χ0n) is 11.1. The molecule has 96 valence electrons. The quantitative estimate of drug-likeness (QED) is 0.539. The fourth-order valence-corrected chi connectivity index (χ4v) is 3.40. The second-order valence-electron chi connectivity index (χ2n) is 6.53. The molecule has 17 heavy (non-hydrogen) atoms. The molecule has 2 rings (SSSR count). The van der Waals surface area contributed by atoms with Crippen molar-refractivity contribution >= 4 is 5.97 Å². The molecule has 1 atom stereocenters. The standard InChI is InChI=1S/C15H24O2/c1-4-15(8-6-5-7-9-15)12-10-14(2,3)11-17-13(12)16/h4,12H,1,5-11H2,2-3H3. The Labute approximate surface area is 104 Å². The first-order valence-electron chi connectivity index (χ1n) is 6.79. The zero-order valence-corrected chi connectivity index (χ0v) is 11.1. The van der Waals surface area contributed by atoms with Crippen molar-refractivity contribution in [3.63, 3.8) is 0 Å². The van der Waals surface area contributed by atoms with Gasteiger partial charge in [0.05, 0.1) is 12.5 Å². The average molecular weight is 236 g/mol. The first-order valence-corrected chi connectivity index (χ1v) is 6.79. The summed E-state index contributed by atoms with van der Waals surface area (Å²) < 4.78 is 5.40. The molecule has 0 amide bonds. The van der Waals surface area contributed by atoms with Gasteiger partial charge in [-0.15, -0.1) is 6.58 Å². The van der Waals surface area contributed by atoms with Gasteiger partial charge in [0.15, 0.2) is 0 Å². The number of rotatable bonds is 2. The van der Waals surface area contributed by atoms with Crippen LogP contribution < -0.4 is 0 Å². The van der Waals surface area contributed by atoms with Crippen LogP contribution in [0.4, 0.5) is 0 Å². The van der Waals surface area contributed by atoms with Gasteiger partial charge in [0.2, 0.25) is 0 Å². The minimum absolute atomic E-state index is 0.00567. The molecule has 1 saturated heterocycles. The number of esters is 1. The Morgan fingerprint density at radius 1 is 1.29 bits per heavy atom. The molecule has 0 bridgehead atoms. The first kappa shape index (κ1) is 12.7. The van der Waals surface area contributed by atoms with Crippen LogP contribution in [0.2, 0.25) is 0 Å². The highest BCUT2D eigenvalue weighted by molar-refractivity contribution is 5.74. The highest BCUT2D eigenvalue weighted by Crippen LogP contribution is 2.49. The first-order chi connectivity index (χ1) is 7.99. The number of ether oxygens (including phenoxy) is 1. The molecule has 0 aromatic carbocycles. The maximum atomic E-state index is 12.1. The molecule has 1 heterocycles. The van der Waals surface area contributed by atoms with E-state index >= 15 is 0 Å². The zero-order chi connectivity index (χ0) is 12.5. The number of hydrogen-bond donors (Lipinski definition) is 0. The summed E-state index contributed by atoms with van der Waals surface area (Å²) in [4.78, 5) is 12.1. The van der Waals surface area contributed by atoms with Crippen molar-refractivity contribution < 1.29 is 9.53 Å². The van der Waals surface area contributed by atoms with Crippen LogP contribution in [0.5, 0.6) is 0 Å². The van der Waals surface area contributed by atoms with Crippen LogP contribution >= 0.6 is 0 Å². The SMILES string of the molecule is C=CC1(C2CC(C)(C)COC2=O)CCCCC1. The van der Waals surface area contributed by atoms with Gasteiger partial charge in [-0.2, -0.15) is 0 Å². The monoisotopic (exact) mass is 236 g/mol. The van der Waals surface area contributed by atoms with Crippen molar-refractivity contribution in [3.8, 4) is 0 Å². The van der Waals surface area contributed by atoms with Crippen LogP contribution in [-0.2, 0) is 9.53 Å². The molecule has 1 aliphatic heterocycles. The Balaban J connectivity index is 2.22. The summed E-state index contributed by atoms with van der Waals surface area (Å²) in [5, 5.41) is 0. The second-order valence-corrected chi connectivity index (χ2v) is 6.53. The number of cyclic esters (lactones) is 1. The van der Waals surface area contributed by atoms with Gasteiger partial charge in [0.1, 0.15) is 0 Å². The summed E-state index contributed by atoms with van der Waals surface area (Å²) in [6, 6.07) is 0. The van der Waals surface area contributed by atoms with E-state index in [-0.39, 0.29) is 22.7 Å². The lowest BCUT2D eigenvalue weighted by atomic mass is 9.61. The van der Waals surface area contributed by atoms with Gasteiger partial charge in [0.25, 0.3) is 0 Å². The van der Waals surface area contributed by atoms with Crippen molar-refractivity contribution in [2.45, 2.75) is 52.4 Å². The van der Waals surface area contributed by atoms with E-state index in [2.05, 4.69) is 20.4 Å². The molecule has 0 aromatic rings. The largest absolute Gasteiger partial charge is 0.465 e. The maximum Gasteiger partial charge on any atom is 0.309 e.